The predicted molar refractivity (Wildman–Crippen MR) is 232 cm³/mol. The van der Waals surface area contributed by atoms with Crippen molar-refractivity contribution in [1.82, 2.24) is 0 Å². The molecule has 0 aromatic heterocycles. The molecule has 0 bridgehead atoms. The minimum Gasteiger partial charge on any atom is -0.457 e. The van der Waals surface area contributed by atoms with Crippen LogP contribution in [0.2, 0.25) is 0 Å². The monoisotopic (exact) mass is 731 g/mol. The lowest BCUT2D eigenvalue weighted by Crippen LogP contribution is -2.27. The largest absolute Gasteiger partial charge is 0.457 e. The molecule has 0 aliphatic carbocycles. The van der Waals surface area contributed by atoms with Crippen LogP contribution in [-0.2, 0) is 14.3 Å². The summed E-state index contributed by atoms with van der Waals surface area (Å²) in [6, 6.07) is 0. The van der Waals surface area contributed by atoms with E-state index in [-0.39, 0.29) is 19.2 Å². The summed E-state index contributed by atoms with van der Waals surface area (Å²) < 4.78 is 11.1. The van der Waals surface area contributed by atoms with Gasteiger partial charge in [0.25, 0.3) is 0 Å². The summed E-state index contributed by atoms with van der Waals surface area (Å²) in [4.78, 5) is 12.2. The average Bonchev–Trinajstić information content (AvgIpc) is 3.16. The third-order valence-electron chi connectivity index (χ3n) is 8.28. The lowest BCUT2D eigenvalue weighted by Gasteiger charge is -2.15. The molecule has 0 aromatic carbocycles. The van der Waals surface area contributed by atoms with Crippen LogP contribution in [0.15, 0.2) is 122 Å². The van der Waals surface area contributed by atoms with Crippen molar-refractivity contribution < 1.29 is 19.4 Å². The van der Waals surface area contributed by atoms with E-state index in [1.54, 1.807) is 0 Å². The van der Waals surface area contributed by atoms with Gasteiger partial charge in [0.1, 0.15) is 6.10 Å². The Morgan fingerprint density at radius 2 is 0.792 bits per heavy atom. The Bertz CT molecular complexity index is 1080. The summed E-state index contributed by atoms with van der Waals surface area (Å²) in [5, 5.41) is 9.60. The first-order chi connectivity index (χ1) is 26.2. The van der Waals surface area contributed by atoms with Gasteiger partial charge in [-0.25, -0.2) is 0 Å². The highest BCUT2D eigenvalue weighted by atomic mass is 16.6. The van der Waals surface area contributed by atoms with Gasteiger partial charge in [-0.2, -0.15) is 0 Å². The average molecular weight is 731 g/mol. The van der Waals surface area contributed by atoms with Crippen molar-refractivity contribution in [2.24, 2.45) is 0 Å². The number of rotatable bonds is 37. The molecule has 1 unspecified atom stereocenters. The molecule has 0 saturated carbocycles. The second kappa shape index (κ2) is 44.9. The van der Waals surface area contributed by atoms with E-state index >= 15 is 0 Å². The van der Waals surface area contributed by atoms with Gasteiger partial charge in [0.2, 0.25) is 0 Å². The molecule has 0 aliphatic heterocycles. The number of ether oxygens (including phenoxy) is 2. The molecule has 0 aliphatic rings. The second-order valence-electron chi connectivity index (χ2n) is 13.3. The van der Waals surface area contributed by atoms with E-state index in [2.05, 4.69) is 135 Å². The van der Waals surface area contributed by atoms with Gasteiger partial charge >= 0.3 is 5.97 Å². The minimum atomic E-state index is -0.573. The summed E-state index contributed by atoms with van der Waals surface area (Å²) in [5.41, 5.74) is 0. The van der Waals surface area contributed by atoms with E-state index in [0.29, 0.717) is 13.0 Å². The van der Waals surface area contributed by atoms with Crippen LogP contribution in [-0.4, -0.2) is 37.0 Å². The molecule has 0 fully saturated rings. The van der Waals surface area contributed by atoms with Crippen LogP contribution in [0, 0.1) is 0 Å². The number of aliphatic hydroxyl groups excluding tert-OH is 1. The van der Waals surface area contributed by atoms with Gasteiger partial charge in [-0.15, -0.1) is 0 Å². The van der Waals surface area contributed by atoms with Gasteiger partial charge in [0, 0.05) is 13.0 Å². The van der Waals surface area contributed by atoms with Crippen LogP contribution in [0.25, 0.3) is 0 Å². The Balaban J connectivity index is 3.61. The fraction of sp³-hybridized carbons (Fsp3) is 0.571. The van der Waals surface area contributed by atoms with Crippen molar-refractivity contribution in [1.29, 1.82) is 0 Å². The highest BCUT2D eigenvalue weighted by Gasteiger charge is 2.13. The number of hydrogen-bond acceptors (Lipinski definition) is 4. The third kappa shape index (κ3) is 43.1. The molecule has 0 aromatic rings. The maximum Gasteiger partial charge on any atom is 0.306 e. The van der Waals surface area contributed by atoms with Crippen LogP contribution in [0.5, 0.6) is 0 Å². The SMILES string of the molecule is CC/C=C\C/C=C\C/C=C\C/C=C\C/C=C\C/C=C\CCCCC(=O)OC(CO)COCCCCCCCCC/C=C\C/C=C\C/C=C\C/C=C\CC. The Morgan fingerprint density at radius 3 is 1.19 bits per heavy atom. The maximum atomic E-state index is 12.2. The van der Waals surface area contributed by atoms with E-state index in [0.717, 1.165) is 96.3 Å². The fourth-order valence-electron chi connectivity index (χ4n) is 5.20. The highest BCUT2D eigenvalue weighted by Crippen LogP contribution is 2.10. The Morgan fingerprint density at radius 1 is 0.453 bits per heavy atom. The van der Waals surface area contributed by atoms with E-state index in [9.17, 15) is 9.90 Å². The van der Waals surface area contributed by atoms with Gasteiger partial charge in [-0.3, -0.25) is 4.79 Å². The topological polar surface area (TPSA) is 55.8 Å². The highest BCUT2D eigenvalue weighted by molar-refractivity contribution is 5.69. The van der Waals surface area contributed by atoms with Crippen LogP contribution in [0.1, 0.15) is 155 Å². The summed E-state index contributed by atoms with van der Waals surface area (Å²) in [5.74, 6) is -0.252. The molecule has 0 radical (unpaired) electrons. The molecule has 0 rings (SSSR count). The Labute approximate surface area is 327 Å². The number of esters is 1. The summed E-state index contributed by atoms with van der Waals surface area (Å²) in [6.07, 6.45) is 66.8. The van der Waals surface area contributed by atoms with Crippen molar-refractivity contribution in [3.63, 3.8) is 0 Å². The van der Waals surface area contributed by atoms with Crippen molar-refractivity contribution in [2.75, 3.05) is 19.8 Å². The number of aliphatic hydroxyl groups is 1. The molecule has 0 saturated heterocycles. The summed E-state index contributed by atoms with van der Waals surface area (Å²) >= 11 is 0. The lowest BCUT2D eigenvalue weighted by molar-refractivity contribution is -0.154. The molecular formula is C49H78O4. The minimum absolute atomic E-state index is 0.203. The number of unbranched alkanes of at least 4 members (excludes halogenated alkanes) is 9. The molecule has 4 nitrogen and oxygen atoms in total. The number of allylic oxidation sites excluding steroid dienone is 20. The zero-order valence-corrected chi connectivity index (χ0v) is 34.0. The first-order valence-electron chi connectivity index (χ1n) is 21.1. The van der Waals surface area contributed by atoms with Crippen molar-refractivity contribution in [3.8, 4) is 0 Å². The van der Waals surface area contributed by atoms with Crippen LogP contribution in [0.3, 0.4) is 0 Å². The number of hydrogen-bond donors (Lipinski definition) is 1. The molecule has 1 atom stereocenters. The Hall–Kier alpha value is -3.21. The molecule has 53 heavy (non-hydrogen) atoms. The van der Waals surface area contributed by atoms with Crippen molar-refractivity contribution in [2.45, 2.75) is 161 Å². The first kappa shape index (κ1) is 49.8. The van der Waals surface area contributed by atoms with Crippen LogP contribution in [0.4, 0.5) is 0 Å². The second-order valence-corrected chi connectivity index (χ2v) is 13.3. The molecule has 0 amide bonds. The molecule has 0 spiro atoms. The quantitative estimate of drug-likeness (QED) is 0.0393. The van der Waals surface area contributed by atoms with Gasteiger partial charge in [-0.1, -0.05) is 167 Å². The predicted octanol–water partition coefficient (Wildman–Crippen LogP) is 14.1. The smallest absolute Gasteiger partial charge is 0.306 e. The lowest BCUT2D eigenvalue weighted by atomic mass is 10.1. The van der Waals surface area contributed by atoms with Crippen LogP contribution < -0.4 is 0 Å². The zero-order valence-electron chi connectivity index (χ0n) is 34.0. The summed E-state index contributed by atoms with van der Waals surface area (Å²) in [7, 11) is 0. The van der Waals surface area contributed by atoms with E-state index in [1.165, 1.54) is 38.5 Å². The van der Waals surface area contributed by atoms with Crippen LogP contribution >= 0.6 is 0 Å². The normalized spacial score (nSPS) is 13.6. The Kier molecular flexibility index (Phi) is 42.2. The van der Waals surface area contributed by atoms with Gasteiger partial charge in [0.15, 0.2) is 0 Å². The third-order valence-corrected chi connectivity index (χ3v) is 8.28. The van der Waals surface area contributed by atoms with Gasteiger partial charge in [0.05, 0.1) is 13.2 Å². The van der Waals surface area contributed by atoms with Gasteiger partial charge in [-0.05, 0) is 103 Å². The first-order valence-corrected chi connectivity index (χ1v) is 21.1. The maximum absolute atomic E-state index is 12.2. The molecule has 298 valence electrons. The molecule has 1 N–H and O–H groups in total. The fourth-order valence-corrected chi connectivity index (χ4v) is 5.20. The number of carbonyl (C=O) groups excluding carboxylic acids is 1. The molecule has 4 heteroatoms. The van der Waals surface area contributed by atoms with Gasteiger partial charge < -0.3 is 14.6 Å². The van der Waals surface area contributed by atoms with E-state index in [4.69, 9.17) is 9.47 Å². The molecule has 0 heterocycles. The van der Waals surface area contributed by atoms with Crippen molar-refractivity contribution >= 4 is 5.97 Å². The zero-order chi connectivity index (χ0) is 38.4. The van der Waals surface area contributed by atoms with E-state index < -0.39 is 6.10 Å². The standard InChI is InChI=1S/C49H78O4/c1-3-5-7-9-11-13-15-17-19-21-23-25-26-28-30-32-34-36-38-40-42-44-49(51)53-48(46-50)47-52-45-43-41-39-37-35-33-31-29-27-24-22-20-18-16-14-12-10-8-6-4-2/h5-8,11-14,17-20,23-25,27-28,30,34,36,48,50H,3-4,9-10,15-16,21-22,26,29,31-33,35,37-47H2,1-2H3/b7-5-,8-6-,13-11-,14-12-,19-17-,20-18-,25-23-,27-24-,30-28-,36-34-. The summed E-state index contributed by atoms with van der Waals surface area (Å²) in [6.45, 7) is 5.02. The van der Waals surface area contributed by atoms with Crippen molar-refractivity contribution in [3.05, 3.63) is 122 Å². The number of carbonyl (C=O) groups is 1. The van der Waals surface area contributed by atoms with E-state index in [1.807, 2.05) is 0 Å². The molecular weight excluding hydrogens is 653 g/mol.